The summed E-state index contributed by atoms with van der Waals surface area (Å²) in [6, 6.07) is 5.28. The predicted octanol–water partition coefficient (Wildman–Crippen LogP) is 4.35. The highest BCUT2D eigenvalue weighted by Crippen LogP contribution is 2.48. The maximum atomic E-state index is 14.4. The Balaban J connectivity index is 1.26. The summed E-state index contributed by atoms with van der Waals surface area (Å²) in [5.74, 6) is -0.272. The minimum atomic E-state index is -0.366. The number of likely N-dealkylation sites (tertiary alicyclic amines) is 1. The van der Waals surface area contributed by atoms with Gasteiger partial charge < -0.3 is 24.4 Å². The topological polar surface area (TPSA) is 80.3 Å². The first-order valence-electron chi connectivity index (χ1n) is 13.5. The standard InChI is InChI=1S/C27H38FN3O5/c1-2-35-25(32)29-20-5-3-4-6-21(16-20)30-12-10-27(11-13-30)18-31(24-8-7-19(28)15-23(24)27)26(33)36-22-9-14-34-17-22/h7-8,15,20-22H,2-6,9-14,16-18H2,1H3,(H,29,32)/t20?,21?,22-/m1/s1. The van der Waals surface area contributed by atoms with Crippen molar-refractivity contribution in [2.45, 2.75) is 81.9 Å². The average molecular weight is 504 g/mol. The number of halogens is 1. The lowest BCUT2D eigenvalue weighted by Gasteiger charge is -2.43. The fourth-order valence-corrected chi connectivity index (χ4v) is 6.50. The Hall–Kier alpha value is -2.39. The number of carbonyl (C=O) groups is 2. The third-order valence-corrected chi connectivity index (χ3v) is 8.42. The van der Waals surface area contributed by atoms with Crippen LogP contribution in [0.15, 0.2) is 18.2 Å². The van der Waals surface area contributed by atoms with E-state index in [-0.39, 0.29) is 35.6 Å². The zero-order chi connectivity index (χ0) is 25.1. The Morgan fingerprint density at radius 2 is 2.00 bits per heavy atom. The lowest BCUT2D eigenvalue weighted by molar-refractivity contribution is 0.0842. The van der Waals surface area contributed by atoms with Crippen LogP contribution < -0.4 is 10.2 Å². The van der Waals surface area contributed by atoms with E-state index in [2.05, 4.69) is 10.2 Å². The molecule has 5 rings (SSSR count). The van der Waals surface area contributed by atoms with E-state index < -0.39 is 0 Å². The molecule has 3 atom stereocenters. The normalized spacial score (nSPS) is 27.9. The Morgan fingerprint density at radius 3 is 2.75 bits per heavy atom. The van der Waals surface area contributed by atoms with Gasteiger partial charge in [-0.05, 0) is 75.9 Å². The number of alkyl carbamates (subject to hydrolysis) is 1. The maximum absolute atomic E-state index is 14.4. The molecular weight excluding hydrogens is 465 g/mol. The second kappa shape index (κ2) is 10.9. The molecule has 1 saturated carbocycles. The Kier molecular flexibility index (Phi) is 7.67. The molecule has 1 aromatic carbocycles. The number of fused-ring (bicyclic) bond motifs is 2. The van der Waals surface area contributed by atoms with E-state index in [0.717, 1.165) is 69.3 Å². The van der Waals surface area contributed by atoms with Crippen LogP contribution in [0.25, 0.3) is 0 Å². The number of nitrogens with one attached hydrogen (secondary N) is 1. The largest absolute Gasteiger partial charge is 0.450 e. The van der Waals surface area contributed by atoms with Crippen LogP contribution in [0.4, 0.5) is 19.7 Å². The summed E-state index contributed by atoms with van der Waals surface area (Å²) >= 11 is 0. The second-order valence-corrected chi connectivity index (χ2v) is 10.7. The smallest absolute Gasteiger partial charge is 0.414 e. The first kappa shape index (κ1) is 25.3. The van der Waals surface area contributed by atoms with Gasteiger partial charge in [0.2, 0.25) is 0 Å². The predicted molar refractivity (Wildman–Crippen MR) is 133 cm³/mol. The van der Waals surface area contributed by atoms with Gasteiger partial charge in [-0.15, -0.1) is 0 Å². The third-order valence-electron chi connectivity index (χ3n) is 8.42. The van der Waals surface area contributed by atoms with E-state index in [0.29, 0.717) is 38.8 Å². The van der Waals surface area contributed by atoms with Crippen molar-refractivity contribution in [2.75, 3.05) is 44.4 Å². The van der Waals surface area contributed by atoms with Gasteiger partial charge in [0.15, 0.2) is 0 Å². The molecule has 0 radical (unpaired) electrons. The average Bonchev–Trinajstić information content (AvgIpc) is 3.40. The molecule has 1 spiro atoms. The molecule has 2 saturated heterocycles. The van der Waals surface area contributed by atoms with Crippen molar-refractivity contribution < 1.29 is 28.2 Å². The van der Waals surface area contributed by atoms with Gasteiger partial charge in [-0.1, -0.05) is 12.8 Å². The summed E-state index contributed by atoms with van der Waals surface area (Å²) in [6.45, 7) is 5.51. The summed E-state index contributed by atoms with van der Waals surface area (Å²) in [6.07, 6.45) is 6.75. The van der Waals surface area contributed by atoms with Crippen LogP contribution in [0.2, 0.25) is 0 Å². The molecule has 1 N–H and O–H groups in total. The van der Waals surface area contributed by atoms with Gasteiger partial charge >= 0.3 is 12.2 Å². The Morgan fingerprint density at radius 1 is 1.19 bits per heavy atom. The molecule has 2 unspecified atom stereocenters. The highest BCUT2D eigenvalue weighted by atomic mass is 19.1. The summed E-state index contributed by atoms with van der Waals surface area (Å²) in [7, 11) is 0. The van der Waals surface area contributed by atoms with Crippen molar-refractivity contribution in [3.8, 4) is 0 Å². The van der Waals surface area contributed by atoms with Crippen molar-refractivity contribution in [3.05, 3.63) is 29.6 Å². The van der Waals surface area contributed by atoms with Crippen molar-refractivity contribution in [3.63, 3.8) is 0 Å². The van der Waals surface area contributed by atoms with Crippen LogP contribution in [0.5, 0.6) is 0 Å². The van der Waals surface area contributed by atoms with Crippen molar-refractivity contribution in [1.82, 2.24) is 10.2 Å². The Labute approximate surface area is 212 Å². The van der Waals surface area contributed by atoms with Crippen molar-refractivity contribution >= 4 is 17.9 Å². The molecule has 3 fully saturated rings. The number of nitrogens with zero attached hydrogens (tertiary/aromatic N) is 2. The minimum Gasteiger partial charge on any atom is -0.450 e. The van der Waals surface area contributed by atoms with Gasteiger partial charge in [0.05, 0.1) is 25.5 Å². The van der Waals surface area contributed by atoms with E-state index >= 15 is 0 Å². The molecule has 8 nitrogen and oxygen atoms in total. The molecule has 198 valence electrons. The summed E-state index contributed by atoms with van der Waals surface area (Å²) in [4.78, 5) is 29.3. The van der Waals surface area contributed by atoms with Crippen LogP contribution in [0.1, 0.15) is 63.9 Å². The molecule has 1 aliphatic carbocycles. The molecule has 3 heterocycles. The van der Waals surface area contributed by atoms with Gasteiger partial charge in [0.1, 0.15) is 11.9 Å². The fourth-order valence-electron chi connectivity index (χ4n) is 6.50. The number of piperidine rings is 1. The number of ether oxygens (including phenoxy) is 3. The summed E-state index contributed by atoms with van der Waals surface area (Å²) < 4.78 is 30.5. The van der Waals surface area contributed by atoms with Crippen molar-refractivity contribution in [1.29, 1.82) is 0 Å². The quantitative estimate of drug-likeness (QED) is 0.616. The van der Waals surface area contributed by atoms with Gasteiger partial charge in [0.25, 0.3) is 0 Å². The number of benzene rings is 1. The number of amides is 2. The second-order valence-electron chi connectivity index (χ2n) is 10.7. The summed E-state index contributed by atoms with van der Waals surface area (Å²) in [5.41, 5.74) is 1.42. The van der Waals surface area contributed by atoms with E-state index in [1.165, 1.54) is 6.07 Å². The molecule has 4 aliphatic rings. The highest BCUT2D eigenvalue weighted by molar-refractivity contribution is 5.91. The molecule has 0 bridgehead atoms. The SMILES string of the molecule is CCOC(=O)NC1CCCCC(N2CCC3(CC2)CN(C(=O)O[C@@H]2CCOC2)c2ccc(F)cc23)C1. The third kappa shape index (κ3) is 5.32. The monoisotopic (exact) mass is 503 g/mol. The molecule has 36 heavy (non-hydrogen) atoms. The van der Waals surface area contributed by atoms with Crippen LogP contribution in [-0.4, -0.2) is 74.7 Å². The van der Waals surface area contributed by atoms with Crippen LogP contribution in [-0.2, 0) is 19.6 Å². The number of rotatable bonds is 4. The Bertz CT molecular complexity index is 945. The van der Waals surface area contributed by atoms with Gasteiger partial charge in [-0.2, -0.15) is 0 Å². The number of hydrogen-bond acceptors (Lipinski definition) is 6. The lowest BCUT2D eigenvalue weighted by Crippen LogP contribution is -2.50. The fraction of sp³-hybridized carbons (Fsp3) is 0.704. The first-order valence-corrected chi connectivity index (χ1v) is 13.5. The van der Waals surface area contributed by atoms with E-state index in [4.69, 9.17) is 14.2 Å². The molecule has 0 aromatic heterocycles. The zero-order valence-corrected chi connectivity index (χ0v) is 21.2. The van der Waals surface area contributed by atoms with E-state index in [1.807, 2.05) is 6.92 Å². The molecular formula is C27H38FN3O5. The van der Waals surface area contributed by atoms with Gasteiger partial charge in [-0.25, -0.2) is 14.0 Å². The van der Waals surface area contributed by atoms with E-state index in [9.17, 15) is 14.0 Å². The zero-order valence-electron chi connectivity index (χ0n) is 21.2. The van der Waals surface area contributed by atoms with Gasteiger partial charge in [-0.3, -0.25) is 4.90 Å². The van der Waals surface area contributed by atoms with Gasteiger partial charge in [0, 0.05) is 30.5 Å². The highest BCUT2D eigenvalue weighted by Gasteiger charge is 2.48. The summed E-state index contributed by atoms with van der Waals surface area (Å²) in [5, 5.41) is 3.05. The minimum absolute atomic E-state index is 0.124. The maximum Gasteiger partial charge on any atom is 0.414 e. The molecule has 1 aromatic rings. The van der Waals surface area contributed by atoms with Crippen LogP contribution in [0.3, 0.4) is 0 Å². The van der Waals surface area contributed by atoms with Crippen molar-refractivity contribution in [2.24, 2.45) is 0 Å². The number of anilines is 1. The van der Waals surface area contributed by atoms with Crippen LogP contribution in [0, 0.1) is 5.82 Å². The number of hydrogen-bond donors (Lipinski definition) is 1. The first-order chi connectivity index (χ1) is 17.5. The van der Waals surface area contributed by atoms with Crippen LogP contribution >= 0.6 is 0 Å². The molecule has 3 aliphatic heterocycles. The van der Waals surface area contributed by atoms with E-state index in [1.54, 1.807) is 17.0 Å². The lowest BCUT2D eigenvalue weighted by atomic mass is 9.74. The molecule has 2 amide bonds. The molecule has 9 heteroatoms. The number of carbonyl (C=O) groups excluding carboxylic acids is 2.